The van der Waals surface area contributed by atoms with Crippen LogP contribution in [0.3, 0.4) is 0 Å². The molecule has 2 amide bonds. The van der Waals surface area contributed by atoms with E-state index in [4.69, 9.17) is 0 Å². The number of halogens is 5. The van der Waals surface area contributed by atoms with Crippen LogP contribution in [0.2, 0.25) is 0 Å². The van der Waals surface area contributed by atoms with E-state index in [-0.39, 0.29) is 37.4 Å². The van der Waals surface area contributed by atoms with Gasteiger partial charge in [0.15, 0.2) is 0 Å². The Kier molecular flexibility index (Phi) is 5.58. The number of likely N-dealkylation sites (tertiary alicyclic amines) is 1. The molecular weight excluding hydrogens is 385 g/mol. The summed E-state index contributed by atoms with van der Waals surface area (Å²) >= 11 is 0. The van der Waals surface area contributed by atoms with Crippen LogP contribution < -0.4 is 5.32 Å². The van der Waals surface area contributed by atoms with E-state index in [1.807, 2.05) is 0 Å². The summed E-state index contributed by atoms with van der Waals surface area (Å²) in [5.74, 6) is -4.17. The Balaban J connectivity index is 1.62. The first-order valence-corrected chi connectivity index (χ1v) is 9.09. The molecule has 10 heteroatoms. The summed E-state index contributed by atoms with van der Waals surface area (Å²) in [5.41, 5.74) is -0.933. The van der Waals surface area contributed by atoms with Crippen LogP contribution in [0.4, 0.5) is 27.8 Å². The zero-order valence-corrected chi connectivity index (χ0v) is 14.9. The largest absolute Gasteiger partial charge is 0.417 e. The van der Waals surface area contributed by atoms with Gasteiger partial charge in [0.25, 0.3) is 0 Å². The van der Waals surface area contributed by atoms with Gasteiger partial charge in [-0.05, 0) is 37.8 Å². The molecule has 0 bridgehead atoms. The topological polar surface area (TPSA) is 62.3 Å². The molecule has 5 nitrogen and oxygen atoms in total. The number of amides is 2. The lowest BCUT2D eigenvalue weighted by molar-refractivity contribution is -0.143. The van der Waals surface area contributed by atoms with Crippen LogP contribution in [0.5, 0.6) is 0 Å². The second-order valence-corrected chi connectivity index (χ2v) is 7.24. The lowest BCUT2D eigenvalue weighted by atomic mass is 9.85. The highest BCUT2D eigenvalue weighted by Crippen LogP contribution is 2.37. The van der Waals surface area contributed by atoms with Crippen LogP contribution in [-0.4, -0.2) is 40.2 Å². The summed E-state index contributed by atoms with van der Waals surface area (Å²) in [6.07, 6.45) is -3.44. The number of hydrogen-bond acceptors (Lipinski definition) is 3. The first-order chi connectivity index (χ1) is 13.1. The van der Waals surface area contributed by atoms with Crippen LogP contribution in [0.15, 0.2) is 18.3 Å². The molecule has 1 saturated heterocycles. The lowest BCUT2D eigenvalue weighted by Gasteiger charge is -2.32. The first-order valence-electron chi connectivity index (χ1n) is 9.09. The number of nitrogens with one attached hydrogen (secondary N) is 1. The van der Waals surface area contributed by atoms with E-state index in [2.05, 4.69) is 10.3 Å². The fraction of sp³-hybridized carbons (Fsp3) is 0.611. The second kappa shape index (κ2) is 7.63. The van der Waals surface area contributed by atoms with Gasteiger partial charge >= 0.3 is 6.18 Å². The molecule has 1 aliphatic heterocycles. The van der Waals surface area contributed by atoms with Crippen molar-refractivity contribution in [1.82, 2.24) is 9.88 Å². The molecule has 0 radical (unpaired) electrons. The molecule has 2 aliphatic rings. The van der Waals surface area contributed by atoms with Gasteiger partial charge in [0.05, 0.1) is 5.56 Å². The SMILES string of the molecule is O=C(Nc1ccc(C(F)(F)F)cn1)C1CCCN1C(=O)C1CCC(F)(F)CC1. The summed E-state index contributed by atoms with van der Waals surface area (Å²) in [6, 6.07) is 1.08. The number of carbonyl (C=O) groups is 2. The van der Waals surface area contributed by atoms with Crippen LogP contribution in [0.25, 0.3) is 0 Å². The van der Waals surface area contributed by atoms with Crippen LogP contribution in [0.1, 0.15) is 44.1 Å². The minimum atomic E-state index is -4.53. The van der Waals surface area contributed by atoms with Crippen molar-refractivity contribution in [1.29, 1.82) is 0 Å². The molecular formula is C18H20F5N3O2. The van der Waals surface area contributed by atoms with Crippen molar-refractivity contribution in [3.63, 3.8) is 0 Å². The van der Waals surface area contributed by atoms with Gasteiger partial charge in [-0.3, -0.25) is 9.59 Å². The fourth-order valence-electron chi connectivity index (χ4n) is 3.67. The van der Waals surface area contributed by atoms with E-state index >= 15 is 0 Å². The normalized spacial score (nSPS) is 22.9. The zero-order chi connectivity index (χ0) is 20.5. The maximum Gasteiger partial charge on any atom is 0.417 e. The van der Waals surface area contributed by atoms with Crippen molar-refractivity contribution in [2.75, 3.05) is 11.9 Å². The van der Waals surface area contributed by atoms with Crippen molar-refractivity contribution in [2.24, 2.45) is 5.92 Å². The van der Waals surface area contributed by atoms with Gasteiger partial charge < -0.3 is 10.2 Å². The van der Waals surface area contributed by atoms with E-state index in [1.165, 1.54) is 4.90 Å². The first kappa shape index (κ1) is 20.5. The predicted octanol–water partition coefficient (Wildman–Crippen LogP) is 3.86. The number of alkyl halides is 5. The van der Waals surface area contributed by atoms with E-state index < -0.39 is 35.5 Å². The van der Waals surface area contributed by atoms with E-state index in [1.54, 1.807) is 0 Å². The van der Waals surface area contributed by atoms with Gasteiger partial charge in [-0.25, -0.2) is 13.8 Å². The summed E-state index contributed by atoms with van der Waals surface area (Å²) in [4.78, 5) is 30.2. The molecule has 1 aromatic rings. The van der Waals surface area contributed by atoms with Gasteiger partial charge in [0, 0.05) is 31.5 Å². The molecule has 1 aliphatic carbocycles. The highest BCUT2D eigenvalue weighted by Gasteiger charge is 2.42. The van der Waals surface area contributed by atoms with Crippen LogP contribution in [0, 0.1) is 5.92 Å². The minimum absolute atomic E-state index is 0.0467. The number of pyridine rings is 1. The van der Waals surface area contributed by atoms with Crippen molar-refractivity contribution in [2.45, 2.75) is 56.7 Å². The molecule has 1 saturated carbocycles. The van der Waals surface area contributed by atoms with E-state index in [0.717, 1.165) is 12.1 Å². The Hall–Kier alpha value is -2.26. The average Bonchev–Trinajstić information content (AvgIpc) is 3.10. The van der Waals surface area contributed by atoms with Gasteiger partial charge in [0.1, 0.15) is 11.9 Å². The summed E-state index contributed by atoms with van der Waals surface area (Å²) in [6.45, 7) is 0.351. The number of nitrogens with zero attached hydrogens (tertiary/aromatic N) is 2. The number of carbonyl (C=O) groups excluding carboxylic acids is 2. The molecule has 2 fully saturated rings. The van der Waals surface area contributed by atoms with E-state index in [0.29, 0.717) is 25.6 Å². The standard InChI is InChI=1S/C18H20F5N3O2/c19-17(20)7-5-11(6-8-17)16(28)26-9-1-2-13(26)15(27)25-14-4-3-12(10-24-14)18(21,22)23/h3-4,10-11,13H,1-2,5-9H2,(H,24,25,27). The van der Waals surface area contributed by atoms with Crippen LogP contribution >= 0.6 is 0 Å². The molecule has 2 heterocycles. The second-order valence-electron chi connectivity index (χ2n) is 7.24. The zero-order valence-electron chi connectivity index (χ0n) is 14.9. The molecule has 0 spiro atoms. The monoisotopic (exact) mass is 405 g/mol. The predicted molar refractivity (Wildman–Crippen MR) is 89.5 cm³/mol. The molecule has 3 rings (SSSR count). The third-order valence-corrected chi connectivity index (χ3v) is 5.25. The molecule has 1 N–H and O–H groups in total. The molecule has 1 unspecified atom stereocenters. The summed E-state index contributed by atoms with van der Waals surface area (Å²) in [5, 5.41) is 2.43. The molecule has 0 aromatic carbocycles. The van der Waals surface area contributed by atoms with Crippen molar-refractivity contribution >= 4 is 17.6 Å². The number of rotatable bonds is 3. The summed E-state index contributed by atoms with van der Waals surface area (Å²) < 4.78 is 64.3. The van der Waals surface area contributed by atoms with Gasteiger partial charge in [-0.15, -0.1) is 0 Å². The summed E-state index contributed by atoms with van der Waals surface area (Å²) in [7, 11) is 0. The molecule has 1 atom stereocenters. The quantitative estimate of drug-likeness (QED) is 0.777. The van der Waals surface area contributed by atoms with Gasteiger partial charge in [-0.1, -0.05) is 0 Å². The number of anilines is 1. The Morgan fingerprint density at radius 2 is 1.82 bits per heavy atom. The Bertz CT molecular complexity index is 726. The van der Waals surface area contributed by atoms with Gasteiger partial charge in [0.2, 0.25) is 17.7 Å². The lowest BCUT2D eigenvalue weighted by Crippen LogP contribution is -2.46. The highest BCUT2D eigenvalue weighted by atomic mass is 19.4. The maximum absolute atomic E-state index is 13.3. The van der Waals surface area contributed by atoms with Crippen molar-refractivity contribution < 1.29 is 31.5 Å². The third kappa shape index (κ3) is 4.59. The van der Waals surface area contributed by atoms with Gasteiger partial charge in [-0.2, -0.15) is 13.2 Å². The maximum atomic E-state index is 13.3. The molecule has 154 valence electrons. The van der Waals surface area contributed by atoms with E-state index in [9.17, 15) is 31.5 Å². The van der Waals surface area contributed by atoms with Crippen molar-refractivity contribution in [3.8, 4) is 0 Å². The Morgan fingerprint density at radius 3 is 2.39 bits per heavy atom. The Labute approximate surface area is 158 Å². The fourth-order valence-corrected chi connectivity index (χ4v) is 3.67. The number of aromatic nitrogens is 1. The molecule has 1 aromatic heterocycles. The minimum Gasteiger partial charge on any atom is -0.330 e. The third-order valence-electron chi connectivity index (χ3n) is 5.25. The average molecular weight is 405 g/mol. The highest BCUT2D eigenvalue weighted by molar-refractivity contribution is 5.97. The number of hydrogen-bond donors (Lipinski definition) is 1. The Morgan fingerprint density at radius 1 is 1.14 bits per heavy atom. The smallest absolute Gasteiger partial charge is 0.330 e. The van der Waals surface area contributed by atoms with Crippen LogP contribution in [-0.2, 0) is 15.8 Å². The molecule has 28 heavy (non-hydrogen) atoms. The van der Waals surface area contributed by atoms with Crippen molar-refractivity contribution in [3.05, 3.63) is 23.9 Å².